The van der Waals surface area contributed by atoms with E-state index in [0.29, 0.717) is 17.0 Å². The summed E-state index contributed by atoms with van der Waals surface area (Å²) in [6, 6.07) is 7.58. The molecule has 1 saturated carbocycles. The Morgan fingerprint density at radius 2 is 1.84 bits per heavy atom. The Morgan fingerprint density at radius 1 is 1.16 bits per heavy atom. The summed E-state index contributed by atoms with van der Waals surface area (Å²) in [4.78, 5) is 29.6. The number of carbonyl (C=O) groups excluding carboxylic acids is 1. The number of rotatable bonds is 4. The van der Waals surface area contributed by atoms with E-state index in [0.717, 1.165) is 30.8 Å². The molecule has 1 spiro atoms. The summed E-state index contributed by atoms with van der Waals surface area (Å²) >= 11 is 0. The second-order valence-corrected chi connectivity index (χ2v) is 7.70. The van der Waals surface area contributed by atoms with Crippen LogP contribution in [0.5, 0.6) is 0 Å². The van der Waals surface area contributed by atoms with E-state index in [4.69, 9.17) is 9.90 Å². The monoisotopic (exact) mass is 436 g/mol. The fourth-order valence-corrected chi connectivity index (χ4v) is 3.80. The molecule has 1 unspecified atom stereocenters. The Bertz CT molecular complexity index is 898. The van der Waals surface area contributed by atoms with E-state index in [9.17, 15) is 18.0 Å². The number of piperidine rings is 1. The van der Waals surface area contributed by atoms with Gasteiger partial charge in [-0.3, -0.25) is 14.8 Å². The Hall–Kier alpha value is -3.01. The molecule has 3 N–H and O–H groups in total. The van der Waals surface area contributed by atoms with Gasteiger partial charge in [-0.25, -0.2) is 4.79 Å². The summed E-state index contributed by atoms with van der Waals surface area (Å²) in [5.74, 6) is -2.20. The van der Waals surface area contributed by atoms with Crippen LogP contribution in [-0.4, -0.2) is 52.8 Å². The number of halogens is 3. The number of alkyl halides is 3. The van der Waals surface area contributed by atoms with E-state index in [-0.39, 0.29) is 5.91 Å². The van der Waals surface area contributed by atoms with E-state index in [1.54, 1.807) is 24.7 Å². The van der Waals surface area contributed by atoms with Gasteiger partial charge in [0.05, 0.1) is 0 Å². The number of carbonyl (C=O) groups is 2. The predicted molar refractivity (Wildman–Crippen MR) is 106 cm³/mol. The van der Waals surface area contributed by atoms with Crippen molar-refractivity contribution in [3.63, 3.8) is 0 Å². The van der Waals surface area contributed by atoms with Gasteiger partial charge in [0.1, 0.15) is 5.69 Å². The molecule has 1 atom stereocenters. The SMILES string of the molecule is O=C(NCC1CC12CCNCC2)c1ccc(-c2cccnc2)cn1.O=C(O)C(F)(F)F. The highest BCUT2D eigenvalue weighted by Gasteiger charge is 2.53. The normalized spacial score (nSPS) is 19.1. The van der Waals surface area contributed by atoms with Crippen LogP contribution in [0.25, 0.3) is 11.1 Å². The van der Waals surface area contributed by atoms with E-state index >= 15 is 0 Å². The van der Waals surface area contributed by atoms with Gasteiger partial charge in [-0.2, -0.15) is 13.2 Å². The number of amides is 1. The molecule has 166 valence electrons. The topological polar surface area (TPSA) is 104 Å². The zero-order valence-electron chi connectivity index (χ0n) is 16.7. The Labute approximate surface area is 177 Å². The summed E-state index contributed by atoms with van der Waals surface area (Å²) in [7, 11) is 0. The number of hydrogen-bond donors (Lipinski definition) is 3. The van der Waals surface area contributed by atoms with Crippen molar-refractivity contribution in [1.82, 2.24) is 20.6 Å². The van der Waals surface area contributed by atoms with Crippen molar-refractivity contribution in [3.8, 4) is 11.1 Å². The van der Waals surface area contributed by atoms with Gasteiger partial charge in [0.2, 0.25) is 0 Å². The maximum absolute atomic E-state index is 12.3. The minimum absolute atomic E-state index is 0.0799. The molecule has 4 rings (SSSR count). The number of nitrogens with one attached hydrogen (secondary N) is 2. The van der Waals surface area contributed by atoms with Crippen LogP contribution in [-0.2, 0) is 4.79 Å². The summed E-state index contributed by atoms with van der Waals surface area (Å²) < 4.78 is 31.7. The van der Waals surface area contributed by atoms with Crippen LogP contribution in [0, 0.1) is 11.3 Å². The van der Waals surface area contributed by atoms with Crippen molar-refractivity contribution in [3.05, 3.63) is 48.5 Å². The highest BCUT2D eigenvalue weighted by atomic mass is 19.4. The molecule has 3 heterocycles. The molecule has 31 heavy (non-hydrogen) atoms. The summed E-state index contributed by atoms with van der Waals surface area (Å²) in [5, 5.41) is 13.6. The molecule has 10 heteroatoms. The van der Waals surface area contributed by atoms with Crippen molar-refractivity contribution >= 4 is 11.9 Å². The first-order valence-electron chi connectivity index (χ1n) is 9.87. The molecule has 2 aromatic heterocycles. The van der Waals surface area contributed by atoms with Crippen molar-refractivity contribution in [2.45, 2.75) is 25.4 Å². The summed E-state index contributed by atoms with van der Waals surface area (Å²) in [6.07, 6.45) is 3.92. The van der Waals surface area contributed by atoms with Crippen LogP contribution < -0.4 is 10.6 Å². The molecular weight excluding hydrogens is 413 g/mol. The average molecular weight is 436 g/mol. The molecule has 2 fully saturated rings. The minimum atomic E-state index is -5.08. The third-order valence-electron chi connectivity index (χ3n) is 5.70. The van der Waals surface area contributed by atoms with Crippen LogP contribution in [0.3, 0.4) is 0 Å². The van der Waals surface area contributed by atoms with Gasteiger partial charge in [0, 0.05) is 36.3 Å². The fourth-order valence-electron chi connectivity index (χ4n) is 3.80. The first-order chi connectivity index (χ1) is 14.7. The van der Waals surface area contributed by atoms with Gasteiger partial charge in [-0.15, -0.1) is 0 Å². The summed E-state index contributed by atoms with van der Waals surface area (Å²) in [5.41, 5.74) is 2.94. The van der Waals surface area contributed by atoms with E-state index in [2.05, 4.69) is 20.6 Å². The highest BCUT2D eigenvalue weighted by molar-refractivity contribution is 5.92. The summed E-state index contributed by atoms with van der Waals surface area (Å²) in [6.45, 7) is 2.99. The van der Waals surface area contributed by atoms with E-state index in [1.807, 2.05) is 18.2 Å². The number of pyridine rings is 2. The zero-order chi connectivity index (χ0) is 22.5. The third-order valence-corrected chi connectivity index (χ3v) is 5.70. The number of aliphatic carboxylic acids is 1. The van der Waals surface area contributed by atoms with Gasteiger partial charge in [0.25, 0.3) is 5.91 Å². The first-order valence-corrected chi connectivity index (χ1v) is 9.87. The fraction of sp³-hybridized carbons (Fsp3) is 0.429. The van der Waals surface area contributed by atoms with E-state index in [1.165, 1.54) is 19.3 Å². The highest BCUT2D eigenvalue weighted by Crippen LogP contribution is 2.58. The van der Waals surface area contributed by atoms with Gasteiger partial charge in [0.15, 0.2) is 0 Å². The van der Waals surface area contributed by atoms with E-state index < -0.39 is 12.1 Å². The predicted octanol–water partition coefficient (Wildman–Crippen LogP) is 2.90. The molecule has 1 amide bonds. The first kappa shape index (κ1) is 22.7. The molecule has 0 bridgehead atoms. The second kappa shape index (κ2) is 9.42. The maximum Gasteiger partial charge on any atom is 0.490 e. The van der Waals surface area contributed by atoms with Crippen LogP contribution in [0.15, 0.2) is 42.9 Å². The lowest BCUT2D eigenvalue weighted by Crippen LogP contribution is -2.32. The Kier molecular flexibility index (Phi) is 6.89. The van der Waals surface area contributed by atoms with Crippen molar-refractivity contribution in [2.75, 3.05) is 19.6 Å². The lowest BCUT2D eigenvalue weighted by molar-refractivity contribution is -0.192. The lowest BCUT2D eigenvalue weighted by Gasteiger charge is -2.23. The molecule has 2 aliphatic rings. The molecule has 0 radical (unpaired) electrons. The molecule has 1 aliphatic heterocycles. The average Bonchev–Trinajstić information content (AvgIpc) is 3.44. The largest absolute Gasteiger partial charge is 0.490 e. The zero-order valence-corrected chi connectivity index (χ0v) is 16.7. The number of aromatic nitrogens is 2. The standard InChI is InChI=1S/C19H22N4O.C2HF3O2/c24-18(23-13-16-10-19(16)5-8-20-9-6-19)17-4-3-15(12-22-17)14-2-1-7-21-11-14;3-2(4,5)1(6)7/h1-4,7,11-12,16,20H,5-6,8-10,13H2,(H,23,24);(H,6,7). The minimum Gasteiger partial charge on any atom is -0.475 e. The second-order valence-electron chi connectivity index (χ2n) is 7.70. The van der Waals surface area contributed by atoms with Crippen LogP contribution >= 0.6 is 0 Å². The van der Waals surface area contributed by atoms with Crippen molar-refractivity contribution in [2.24, 2.45) is 11.3 Å². The number of hydrogen-bond acceptors (Lipinski definition) is 5. The Morgan fingerprint density at radius 3 is 2.39 bits per heavy atom. The molecule has 2 aromatic rings. The molecule has 1 saturated heterocycles. The molecule has 0 aromatic carbocycles. The smallest absolute Gasteiger partial charge is 0.475 e. The van der Waals surface area contributed by atoms with Gasteiger partial charge >= 0.3 is 12.1 Å². The number of carboxylic acid groups (broad SMARTS) is 1. The maximum atomic E-state index is 12.3. The van der Waals surface area contributed by atoms with Gasteiger partial charge in [-0.05, 0) is 55.8 Å². The van der Waals surface area contributed by atoms with Crippen LogP contribution in [0.2, 0.25) is 0 Å². The van der Waals surface area contributed by atoms with Crippen molar-refractivity contribution in [1.29, 1.82) is 0 Å². The van der Waals surface area contributed by atoms with Gasteiger partial charge < -0.3 is 15.7 Å². The molecule has 7 nitrogen and oxygen atoms in total. The number of nitrogens with zero attached hydrogens (tertiary/aromatic N) is 2. The lowest BCUT2D eigenvalue weighted by atomic mass is 9.92. The number of carboxylic acids is 1. The Balaban J connectivity index is 0.000000339. The third kappa shape index (κ3) is 6.00. The molecular formula is C21H23F3N4O3. The quantitative estimate of drug-likeness (QED) is 0.681. The van der Waals surface area contributed by atoms with Crippen LogP contribution in [0.4, 0.5) is 13.2 Å². The van der Waals surface area contributed by atoms with Crippen LogP contribution in [0.1, 0.15) is 29.8 Å². The molecule has 1 aliphatic carbocycles. The van der Waals surface area contributed by atoms with Crippen molar-refractivity contribution < 1.29 is 27.9 Å². The van der Waals surface area contributed by atoms with Gasteiger partial charge in [-0.1, -0.05) is 12.1 Å².